The number of hydrogen-bond donors (Lipinski definition) is 1. The lowest BCUT2D eigenvalue weighted by atomic mass is 9.82. The number of halogens is 1. The van der Waals surface area contributed by atoms with E-state index in [1.807, 2.05) is 38.1 Å². The molecule has 1 aliphatic heterocycles. The molecule has 1 amide bonds. The molecule has 0 spiro atoms. The minimum Gasteiger partial charge on any atom is -0.495 e. The molecule has 6 nitrogen and oxygen atoms in total. The Labute approximate surface area is 183 Å². The molecule has 1 N–H and O–H groups in total. The molecule has 30 heavy (non-hydrogen) atoms. The Bertz CT molecular complexity index is 1020. The second kappa shape index (κ2) is 8.96. The van der Waals surface area contributed by atoms with Crippen molar-refractivity contribution in [3.8, 4) is 5.75 Å². The highest BCUT2D eigenvalue weighted by atomic mass is 35.5. The lowest BCUT2D eigenvalue weighted by Crippen LogP contribution is -2.51. The van der Waals surface area contributed by atoms with E-state index in [2.05, 4.69) is 5.32 Å². The van der Waals surface area contributed by atoms with Gasteiger partial charge in [0.15, 0.2) is 0 Å². The van der Waals surface area contributed by atoms with Gasteiger partial charge in [-0.2, -0.15) is 4.31 Å². The van der Waals surface area contributed by atoms with Gasteiger partial charge in [0.05, 0.1) is 12.5 Å². The largest absolute Gasteiger partial charge is 0.495 e. The lowest BCUT2D eigenvalue weighted by Gasteiger charge is -2.38. The predicted octanol–water partition coefficient (Wildman–Crippen LogP) is 3.76. The molecule has 0 aliphatic carbocycles. The maximum Gasteiger partial charge on any atom is 0.246 e. The number of piperidine rings is 1. The smallest absolute Gasteiger partial charge is 0.246 e. The number of nitrogens with zero attached hydrogens (tertiary/aromatic N) is 1. The summed E-state index contributed by atoms with van der Waals surface area (Å²) in [5.74, 6) is 0.0801. The van der Waals surface area contributed by atoms with E-state index in [4.69, 9.17) is 16.3 Å². The van der Waals surface area contributed by atoms with Crippen LogP contribution in [0.3, 0.4) is 0 Å². The normalized spacial score (nSPS) is 20.0. The summed E-state index contributed by atoms with van der Waals surface area (Å²) >= 11 is 6.03. The third-order valence-electron chi connectivity index (χ3n) is 5.53. The van der Waals surface area contributed by atoms with Gasteiger partial charge in [0, 0.05) is 24.7 Å². The van der Waals surface area contributed by atoms with E-state index >= 15 is 0 Å². The summed E-state index contributed by atoms with van der Waals surface area (Å²) in [5.41, 5.74) is 1.34. The molecule has 162 valence electrons. The zero-order valence-electron chi connectivity index (χ0n) is 17.4. The van der Waals surface area contributed by atoms with Gasteiger partial charge in [0.1, 0.15) is 10.6 Å². The Balaban J connectivity index is 1.77. The summed E-state index contributed by atoms with van der Waals surface area (Å²) in [6, 6.07) is 12.4. The van der Waals surface area contributed by atoms with Gasteiger partial charge in [-0.1, -0.05) is 41.4 Å². The first-order valence-electron chi connectivity index (χ1n) is 9.83. The van der Waals surface area contributed by atoms with Gasteiger partial charge in [0.2, 0.25) is 15.9 Å². The predicted molar refractivity (Wildman–Crippen MR) is 117 cm³/mol. The molecule has 3 rings (SSSR count). The highest BCUT2D eigenvalue weighted by Gasteiger charge is 2.42. The number of hydrogen-bond acceptors (Lipinski definition) is 4. The van der Waals surface area contributed by atoms with Crippen LogP contribution in [0.4, 0.5) is 0 Å². The maximum absolute atomic E-state index is 13.3. The number of benzene rings is 2. The van der Waals surface area contributed by atoms with Crippen LogP contribution in [-0.4, -0.2) is 38.8 Å². The van der Waals surface area contributed by atoms with Crippen molar-refractivity contribution in [3.05, 3.63) is 58.6 Å². The summed E-state index contributed by atoms with van der Waals surface area (Å²) in [6.07, 6.45) is 1.21. The molecule has 0 bridgehead atoms. The Kier molecular flexibility index (Phi) is 6.75. The first-order chi connectivity index (χ1) is 14.2. The molecular weight excluding hydrogens is 424 g/mol. The van der Waals surface area contributed by atoms with Crippen LogP contribution < -0.4 is 10.1 Å². The first kappa shape index (κ1) is 22.6. The third kappa shape index (κ3) is 4.79. The van der Waals surface area contributed by atoms with Crippen molar-refractivity contribution in [3.63, 3.8) is 0 Å². The van der Waals surface area contributed by atoms with Crippen molar-refractivity contribution in [1.29, 1.82) is 0 Å². The standard InChI is InChI=1S/C22H27ClN2O4S/c1-16-5-7-17(8-6-16)14-24-21(26)22(2)11-4-12-25(15-22)30(27,28)20-13-18(23)9-10-19(20)29-3/h5-10,13H,4,11-12,14-15H2,1-3H3,(H,24,26)/t22-/m1/s1. The van der Waals surface area contributed by atoms with E-state index in [0.29, 0.717) is 31.0 Å². The molecule has 8 heteroatoms. The quantitative estimate of drug-likeness (QED) is 0.726. The van der Waals surface area contributed by atoms with Crippen molar-refractivity contribution in [2.45, 2.75) is 38.1 Å². The van der Waals surface area contributed by atoms with E-state index in [-0.39, 0.29) is 23.1 Å². The van der Waals surface area contributed by atoms with Gasteiger partial charge in [-0.3, -0.25) is 4.79 Å². The lowest BCUT2D eigenvalue weighted by molar-refractivity contribution is -0.132. The monoisotopic (exact) mass is 450 g/mol. The zero-order chi connectivity index (χ0) is 21.9. The average Bonchev–Trinajstić information content (AvgIpc) is 2.73. The maximum atomic E-state index is 13.3. The van der Waals surface area contributed by atoms with E-state index < -0.39 is 15.4 Å². The number of rotatable bonds is 6. The van der Waals surface area contributed by atoms with Crippen LogP contribution in [0.15, 0.2) is 47.4 Å². The van der Waals surface area contributed by atoms with Gasteiger partial charge in [-0.15, -0.1) is 0 Å². The SMILES string of the molecule is COc1ccc(Cl)cc1S(=O)(=O)N1CCC[C@@](C)(C(=O)NCc2ccc(C)cc2)C1. The Morgan fingerprint density at radius 1 is 1.23 bits per heavy atom. The number of carbonyl (C=O) groups is 1. The van der Waals surface area contributed by atoms with Crippen LogP contribution in [-0.2, 0) is 21.4 Å². The average molecular weight is 451 g/mol. The van der Waals surface area contributed by atoms with Crippen LogP contribution in [0.5, 0.6) is 5.75 Å². The van der Waals surface area contributed by atoms with Crippen molar-refractivity contribution in [2.24, 2.45) is 5.41 Å². The molecule has 1 heterocycles. The first-order valence-corrected chi connectivity index (χ1v) is 11.6. The summed E-state index contributed by atoms with van der Waals surface area (Å²) < 4.78 is 33.2. The number of ether oxygens (including phenoxy) is 1. The second-order valence-corrected chi connectivity index (χ2v) is 10.3. The number of methoxy groups -OCH3 is 1. The van der Waals surface area contributed by atoms with Gasteiger partial charge in [-0.05, 0) is 50.5 Å². The number of sulfonamides is 1. The van der Waals surface area contributed by atoms with E-state index in [1.54, 1.807) is 6.07 Å². The molecular formula is C22H27ClN2O4S. The molecule has 0 saturated carbocycles. The summed E-state index contributed by atoms with van der Waals surface area (Å²) in [6.45, 7) is 4.68. The van der Waals surface area contributed by atoms with E-state index in [0.717, 1.165) is 11.1 Å². The van der Waals surface area contributed by atoms with E-state index in [1.165, 1.54) is 23.5 Å². The van der Waals surface area contributed by atoms with Crippen molar-refractivity contribution < 1.29 is 17.9 Å². The Morgan fingerprint density at radius 3 is 2.60 bits per heavy atom. The van der Waals surface area contributed by atoms with Crippen LogP contribution in [0, 0.1) is 12.3 Å². The highest BCUT2D eigenvalue weighted by molar-refractivity contribution is 7.89. The Morgan fingerprint density at radius 2 is 1.93 bits per heavy atom. The molecule has 1 aliphatic rings. The topological polar surface area (TPSA) is 75.7 Å². The zero-order valence-corrected chi connectivity index (χ0v) is 19.0. The summed E-state index contributed by atoms with van der Waals surface area (Å²) in [5, 5.41) is 3.28. The van der Waals surface area contributed by atoms with Crippen molar-refractivity contribution in [1.82, 2.24) is 9.62 Å². The van der Waals surface area contributed by atoms with Gasteiger partial charge < -0.3 is 10.1 Å². The van der Waals surface area contributed by atoms with Crippen LogP contribution >= 0.6 is 11.6 Å². The molecule has 1 fully saturated rings. The number of amides is 1. The number of carbonyl (C=O) groups excluding carboxylic acids is 1. The van der Waals surface area contributed by atoms with Gasteiger partial charge >= 0.3 is 0 Å². The summed E-state index contributed by atoms with van der Waals surface area (Å²) in [4.78, 5) is 13.0. The minimum absolute atomic E-state index is 0.0156. The number of aryl methyl sites for hydroxylation is 1. The minimum atomic E-state index is -3.86. The molecule has 0 aromatic heterocycles. The van der Waals surface area contributed by atoms with Crippen LogP contribution in [0.1, 0.15) is 30.9 Å². The third-order valence-corrected chi connectivity index (χ3v) is 7.63. The Hall–Kier alpha value is -2.09. The summed E-state index contributed by atoms with van der Waals surface area (Å²) in [7, 11) is -2.44. The van der Waals surface area contributed by atoms with Gasteiger partial charge in [0.25, 0.3) is 0 Å². The molecule has 1 saturated heterocycles. The fourth-order valence-electron chi connectivity index (χ4n) is 3.68. The highest BCUT2D eigenvalue weighted by Crippen LogP contribution is 2.36. The van der Waals surface area contributed by atoms with Crippen LogP contribution in [0.2, 0.25) is 5.02 Å². The molecule has 0 radical (unpaired) electrons. The van der Waals surface area contributed by atoms with Crippen molar-refractivity contribution >= 4 is 27.5 Å². The molecule has 2 aromatic carbocycles. The number of nitrogens with one attached hydrogen (secondary N) is 1. The molecule has 0 unspecified atom stereocenters. The van der Waals surface area contributed by atoms with Crippen LogP contribution in [0.25, 0.3) is 0 Å². The fourth-order valence-corrected chi connectivity index (χ4v) is 5.70. The molecule has 2 aromatic rings. The second-order valence-electron chi connectivity index (χ2n) is 7.97. The van der Waals surface area contributed by atoms with Gasteiger partial charge in [-0.25, -0.2) is 8.42 Å². The van der Waals surface area contributed by atoms with Crippen molar-refractivity contribution in [2.75, 3.05) is 20.2 Å². The van der Waals surface area contributed by atoms with E-state index in [9.17, 15) is 13.2 Å². The molecule has 1 atom stereocenters. The fraction of sp³-hybridized carbons (Fsp3) is 0.409.